The van der Waals surface area contributed by atoms with Crippen LogP contribution in [0.3, 0.4) is 0 Å². The van der Waals surface area contributed by atoms with E-state index in [9.17, 15) is 4.79 Å². The van der Waals surface area contributed by atoms with Gasteiger partial charge >= 0.3 is 0 Å². The summed E-state index contributed by atoms with van der Waals surface area (Å²) in [6, 6.07) is 21.2. The molecular formula is C21H26N2O2. The number of ether oxygens (including phenoxy) is 1. The van der Waals surface area contributed by atoms with Gasteiger partial charge in [-0.05, 0) is 11.1 Å². The van der Waals surface area contributed by atoms with Crippen molar-refractivity contribution in [3.05, 3.63) is 71.8 Å². The summed E-state index contributed by atoms with van der Waals surface area (Å²) in [5.74, 6) is 0.296. The van der Waals surface area contributed by atoms with E-state index in [0.29, 0.717) is 13.2 Å². The van der Waals surface area contributed by atoms with Crippen molar-refractivity contribution in [3.8, 4) is 0 Å². The van der Waals surface area contributed by atoms with Crippen LogP contribution in [0.1, 0.15) is 17.2 Å². The lowest BCUT2D eigenvalue weighted by molar-refractivity contribution is -0.141. The highest BCUT2D eigenvalue weighted by molar-refractivity contribution is 5.80. The summed E-state index contributed by atoms with van der Waals surface area (Å²) < 4.78 is 5.06. The molecule has 0 bridgehead atoms. The fraction of sp³-hybridized carbons (Fsp3) is 0.381. The summed E-state index contributed by atoms with van der Waals surface area (Å²) in [5, 5.41) is 0. The Labute approximate surface area is 150 Å². The third-order valence-electron chi connectivity index (χ3n) is 4.86. The van der Waals surface area contributed by atoms with E-state index in [1.165, 1.54) is 11.1 Å². The molecule has 25 heavy (non-hydrogen) atoms. The SMILES string of the molecule is COCCN(C)C(=O)C1CN(C(c2ccccc2)c2ccccc2)C1. The van der Waals surface area contributed by atoms with Gasteiger partial charge in [0.1, 0.15) is 0 Å². The number of hydrogen-bond donors (Lipinski definition) is 0. The van der Waals surface area contributed by atoms with Crippen molar-refractivity contribution >= 4 is 5.91 Å². The number of rotatable bonds is 7. The number of likely N-dealkylation sites (tertiary alicyclic amines) is 1. The van der Waals surface area contributed by atoms with Crippen molar-refractivity contribution in [1.29, 1.82) is 0 Å². The van der Waals surface area contributed by atoms with Gasteiger partial charge in [0.25, 0.3) is 0 Å². The van der Waals surface area contributed by atoms with Crippen LogP contribution in [0.4, 0.5) is 0 Å². The molecule has 4 nitrogen and oxygen atoms in total. The molecule has 0 N–H and O–H groups in total. The van der Waals surface area contributed by atoms with Crippen LogP contribution < -0.4 is 0 Å². The standard InChI is InChI=1S/C21H26N2O2/c1-22(13-14-25-2)21(24)19-15-23(16-19)20(17-9-5-3-6-10-17)18-11-7-4-8-12-18/h3-12,19-20H,13-16H2,1-2H3. The molecule has 1 aliphatic rings. The summed E-state index contributed by atoms with van der Waals surface area (Å²) in [5.41, 5.74) is 2.54. The van der Waals surface area contributed by atoms with Gasteiger partial charge in [0.05, 0.1) is 18.6 Å². The third-order valence-corrected chi connectivity index (χ3v) is 4.86. The highest BCUT2D eigenvalue weighted by Crippen LogP contribution is 2.34. The number of hydrogen-bond acceptors (Lipinski definition) is 3. The zero-order valence-electron chi connectivity index (χ0n) is 15.0. The first-order valence-electron chi connectivity index (χ1n) is 8.78. The lowest BCUT2D eigenvalue weighted by atomic mass is 9.89. The van der Waals surface area contributed by atoms with Crippen LogP contribution in [0.2, 0.25) is 0 Å². The van der Waals surface area contributed by atoms with E-state index in [1.54, 1.807) is 12.0 Å². The van der Waals surface area contributed by atoms with E-state index in [4.69, 9.17) is 4.74 Å². The second-order valence-electron chi connectivity index (χ2n) is 6.63. The lowest BCUT2D eigenvalue weighted by Crippen LogP contribution is -2.55. The van der Waals surface area contributed by atoms with Crippen molar-refractivity contribution in [1.82, 2.24) is 9.80 Å². The maximum absolute atomic E-state index is 12.5. The summed E-state index contributed by atoms with van der Waals surface area (Å²) in [6.07, 6.45) is 0. The van der Waals surface area contributed by atoms with Crippen molar-refractivity contribution in [3.63, 3.8) is 0 Å². The van der Waals surface area contributed by atoms with Gasteiger partial charge in [-0.1, -0.05) is 60.7 Å². The predicted octanol–water partition coefficient (Wildman–Crippen LogP) is 2.81. The molecule has 0 spiro atoms. The zero-order chi connectivity index (χ0) is 17.6. The van der Waals surface area contributed by atoms with Crippen molar-refractivity contribution in [2.24, 2.45) is 5.92 Å². The minimum Gasteiger partial charge on any atom is -0.383 e. The van der Waals surface area contributed by atoms with Crippen LogP contribution in [0.25, 0.3) is 0 Å². The van der Waals surface area contributed by atoms with E-state index >= 15 is 0 Å². The molecule has 1 saturated heterocycles. The maximum atomic E-state index is 12.5. The Morgan fingerprint density at radius 1 is 1.08 bits per heavy atom. The van der Waals surface area contributed by atoms with Crippen LogP contribution in [-0.2, 0) is 9.53 Å². The maximum Gasteiger partial charge on any atom is 0.228 e. The van der Waals surface area contributed by atoms with E-state index in [1.807, 2.05) is 19.2 Å². The predicted molar refractivity (Wildman–Crippen MR) is 99.3 cm³/mol. The number of carbonyl (C=O) groups is 1. The first-order chi connectivity index (χ1) is 12.2. The highest BCUT2D eigenvalue weighted by Gasteiger charge is 2.38. The molecular weight excluding hydrogens is 312 g/mol. The average molecular weight is 338 g/mol. The van der Waals surface area contributed by atoms with Gasteiger partial charge in [0.15, 0.2) is 0 Å². The van der Waals surface area contributed by atoms with Gasteiger partial charge in [-0.2, -0.15) is 0 Å². The van der Waals surface area contributed by atoms with Gasteiger partial charge in [0, 0.05) is 33.8 Å². The first kappa shape index (κ1) is 17.6. The van der Waals surface area contributed by atoms with Gasteiger partial charge in [0.2, 0.25) is 5.91 Å². The molecule has 1 aliphatic heterocycles. The van der Waals surface area contributed by atoms with E-state index in [-0.39, 0.29) is 17.9 Å². The molecule has 2 aromatic rings. The Kier molecular flexibility index (Phi) is 5.84. The Morgan fingerprint density at radius 2 is 1.60 bits per heavy atom. The van der Waals surface area contributed by atoms with Gasteiger partial charge < -0.3 is 9.64 Å². The summed E-state index contributed by atoms with van der Waals surface area (Å²) in [7, 11) is 3.52. The normalized spacial score (nSPS) is 15.2. The monoisotopic (exact) mass is 338 g/mol. The molecule has 0 unspecified atom stereocenters. The summed E-state index contributed by atoms with van der Waals surface area (Å²) >= 11 is 0. The Morgan fingerprint density at radius 3 is 2.08 bits per heavy atom. The van der Waals surface area contributed by atoms with Crippen LogP contribution in [0.15, 0.2) is 60.7 Å². The van der Waals surface area contributed by atoms with Crippen LogP contribution in [0, 0.1) is 5.92 Å². The fourth-order valence-electron chi connectivity index (χ4n) is 3.41. The molecule has 0 aromatic heterocycles. The number of likely N-dealkylation sites (N-methyl/N-ethyl adjacent to an activating group) is 1. The number of benzene rings is 2. The molecule has 4 heteroatoms. The highest BCUT2D eigenvalue weighted by atomic mass is 16.5. The molecule has 3 rings (SSSR count). The fourth-order valence-corrected chi connectivity index (χ4v) is 3.41. The van der Waals surface area contributed by atoms with Gasteiger partial charge in [-0.25, -0.2) is 0 Å². The topological polar surface area (TPSA) is 32.8 Å². The number of carbonyl (C=O) groups excluding carboxylic acids is 1. The molecule has 0 aliphatic carbocycles. The van der Waals surface area contributed by atoms with Crippen LogP contribution in [-0.4, -0.2) is 56.1 Å². The smallest absolute Gasteiger partial charge is 0.228 e. The van der Waals surface area contributed by atoms with E-state index < -0.39 is 0 Å². The molecule has 1 fully saturated rings. The van der Waals surface area contributed by atoms with E-state index in [2.05, 4.69) is 53.4 Å². The second-order valence-corrected chi connectivity index (χ2v) is 6.63. The molecule has 0 radical (unpaired) electrons. The van der Waals surface area contributed by atoms with Crippen molar-refractivity contribution in [2.45, 2.75) is 6.04 Å². The van der Waals surface area contributed by atoms with Crippen molar-refractivity contribution in [2.75, 3.05) is 40.4 Å². The van der Waals surface area contributed by atoms with E-state index in [0.717, 1.165) is 13.1 Å². The molecule has 132 valence electrons. The summed E-state index contributed by atoms with van der Waals surface area (Å²) in [6.45, 7) is 2.82. The quantitative estimate of drug-likeness (QED) is 0.778. The minimum atomic E-state index is 0.0804. The van der Waals surface area contributed by atoms with Gasteiger partial charge in [-0.15, -0.1) is 0 Å². The summed E-state index contributed by atoms with van der Waals surface area (Å²) in [4.78, 5) is 16.7. The molecule has 1 amide bonds. The number of amides is 1. The minimum absolute atomic E-state index is 0.0804. The number of nitrogens with zero attached hydrogens (tertiary/aromatic N) is 2. The van der Waals surface area contributed by atoms with Crippen LogP contribution in [0.5, 0.6) is 0 Å². The van der Waals surface area contributed by atoms with Crippen LogP contribution >= 0.6 is 0 Å². The van der Waals surface area contributed by atoms with Gasteiger partial charge in [-0.3, -0.25) is 9.69 Å². The zero-order valence-corrected chi connectivity index (χ0v) is 15.0. The molecule has 1 heterocycles. The second kappa shape index (κ2) is 8.28. The first-order valence-corrected chi connectivity index (χ1v) is 8.78. The largest absolute Gasteiger partial charge is 0.383 e. The molecule has 0 saturated carbocycles. The molecule has 2 aromatic carbocycles. The Bertz CT molecular complexity index is 629. The Balaban J connectivity index is 1.70. The number of methoxy groups -OCH3 is 1. The third kappa shape index (κ3) is 4.09. The lowest BCUT2D eigenvalue weighted by Gasteiger charge is -2.45. The average Bonchev–Trinajstić information content (AvgIpc) is 2.63. The molecule has 0 atom stereocenters. The van der Waals surface area contributed by atoms with Crippen molar-refractivity contribution < 1.29 is 9.53 Å². The Hall–Kier alpha value is -2.17.